The van der Waals surface area contributed by atoms with Gasteiger partial charge in [-0.05, 0) is 17.7 Å². The first kappa shape index (κ1) is 10.6. The van der Waals surface area contributed by atoms with Crippen LogP contribution >= 0.6 is 11.6 Å². The van der Waals surface area contributed by atoms with E-state index in [4.69, 9.17) is 11.6 Å². The fourth-order valence-electron chi connectivity index (χ4n) is 1.50. The Kier molecular flexibility index (Phi) is 2.35. The van der Waals surface area contributed by atoms with E-state index in [9.17, 15) is 14.9 Å². The molecular formula is C9H6ClN3O3. The van der Waals surface area contributed by atoms with Gasteiger partial charge in [-0.15, -0.1) is 0 Å². The number of hydrogen-bond acceptors (Lipinski definition) is 4. The molecule has 1 aromatic carbocycles. The molecule has 0 aliphatic carbocycles. The van der Waals surface area contributed by atoms with E-state index in [1.54, 1.807) is 7.05 Å². The summed E-state index contributed by atoms with van der Waals surface area (Å²) in [7, 11) is 1.59. The summed E-state index contributed by atoms with van der Waals surface area (Å²) in [4.78, 5) is 21.1. The number of aromatic nitrogens is 2. The van der Waals surface area contributed by atoms with E-state index in [1.807, 2.05) is 0 Å². The Morgan fingerprint density at radius 2 is 2.25 bits per heavy atom. The van der Waals surface area contributed by atoms with E-state index < -0.39 is 10.2 Å². The highest BCUT2D eigenvalue weighted by molar-refractivity contribution is 6.68. The molecule has 1 aromatic heterocycles. The minimum atomic E-state index is -0.681. The number of nitrogens with zero attached hydrogens (tertiary/aromatic N) is 3. The van der Waals surface area contributed by atoms with Crippen molar-refractivity contribution in [2.75, 3.05) is 0 Å². The van der Waals surface area contributed by atoms with E-state index in [0.29, 0.717) is 10.9 Å². The number of hydrogen-bond donors (Lipinski definition) is 0. The number of fused-ring (bicyclic) bond motifs is 1. The van der Waals surface area contributed by atoms with Crippen molar-refractivity contribution in [2.24, 2.45) is 7.05 Å². The maximum atomic E-state index is 11.0. The van der Waals surface area contributed by atoms with Gasteiger partial charge >= 0.3 is 0 Å². The predicted octanol–water partition coefficient (Wildman–Crippen LogP) is 1.86. The molecule has 0 spiro atoms. The minimum absolute atomic E-state index is 0.0518. The maximum Gasteiger partial charge on any atom is 0.273 e. The van der Waals surface area contributed by atoms with Crippen molar-refractivity contribution >= 4 is 33.4 Å². The van der Waals surface area contributed by atoms with Gasteiger partial charge in [0.25, 0.3) is 10.9 Å². The number of nitro benzene ring substituents is 1. The Morgan fingerprint density at radius 3 is 2.81 bits per heavy atom. The zero-order chi connectivity index (χ0) is 11.9. The van der Waals surface area contributed by atoms with Crippen LogP contribution in [-0.2, 0) is 7.05 Å². The number of benzene rings is 1. The van der Waals surface area contributed by atoms with Gasteiger partial charge in [0.05, 0.1) is 10.4 Å². The Balaban J connectivity index is 2.76. The van der Waals surface area contributed by atoms with E-state index in [1.165, 1.54) is 22.9 Å². The van der Waals surface area contributed by atoms with Gasteiger partial charge in [0.1, 0.15) is 0 Å². The first-order valence-corrected chi connectivity index (χ1v) is 4.69. The standard InChI is InChI=1S/C9H6ClN3O3/c1-12-7-4-5(13(15)16)2-3-6(7)8(11-12)9(10)14/h2-4H,1H3. The number of aryl methyl sites for hydroxylation is 1. The third-order valence-corrected chi connectivity index (χ3v) is 2.41. The summed E-state index contributed by atoms with van der Waals surface area (Å²) in [5.74, 6) is 0. The SMILES string of the molecule is Cn1nc(C(=O)Cl)c2ccc([N+](=O)[O-])cc21. The van der Waals surface area contributed by atoms with Gasteiger partial charge in [-0.1, -0.05) is 0 Å². The first-order chi connectivity index (χ1) is 7.50. The Bertz CT molecular complexity index is 605. The Morgan fingerprint density at radius 1 is 1.56 bits per heavy atom. The molecule has 82 valence electrons. The van der Waals surface area contributed by atoms with E-state index in [0.717, 1.165) is 0 Å². The normalized spacial score (nSPS) is 10.6. The molecule has 1 heterocycles. The maximum absolute atomic E-state index is 11.0. The Hall–Kier alpha value is -1.95. The molecule has 16 heavy (non-hydrogen) atoms. The number of nitro groups is 1. The molecule has 0 radical (unpaired) electrons. The number of rotatable bonds is 2. The summed E-state index contributed by atoms with van der Waals surface area (Å²) in [6.07, 6.45) is 0. The number of halogens is 1. The molecular weight excluding hydrogens is 234 g/mol. The molecule has 0 fully saturated rings. The van der Waals surface area contributed by atoms with Crippen LogP contribution in [0.15, 0.2) is 18.2 Å². The molecule has 0 aliphatic rings. The molecule has 2 rings (SSSR count). The zero-order valence-corrected chi connectivity index (χ0v) is 8.93. The van der Waals surface area contributed by atoms with Crippen LogP contribution < -0.4 is 0 Å². The average Bonchev–Trinajstić information content (AvgIpc) is 2.56. The first-order valence-electron chi connectivity index (χ1n) is 4.31. The lowest BCUT2D eigenvalue weighted by molar-refractivity contribution is -0.384. The van der Waals surface area contributed by atoms with Crippen molar-refractivity contribution in [3.05, 3.63) is 34.0 Å². The van der Waals surface area contributed by atoms with Crippen LogP contribution in [0.5, 0.6) is 0 Å². The van der Waals surface area contributed by atoms with Crippen LogP contribution in [0.4, 0.5) is 5.69 Å². The molecule has 0 N–H and O–H groups in total. The summed E-state index contributed by atoms with van der Waals surface area (Å²) in [6.45, 7) is 0. The number of carbonyl (C=O) groups is 1. The summed E-state index contributed by atoms with van der Waals surface area (Å²) < 4.78 is 1.39. The zero-order valence-electron chi connectivity index (χ0n) is 8.18. The van der Waals surface area contributed by atoms with Gasteiger partial charge in [0.15, 0.2) is 5.69 Å². The lowest BCUT2D eigenvalue weighted by atomic mass is 10.2. The smallest absolute Gasteiger partial charge is 0.273 e. The second kappa shape index (κ2) is 3.57. The largest absolute Gasteiger partial charge is 0.274 e. The molecule has 0 amide bonds. The summed E-state index contributed by atoms with van der Waals surface area (Å²) >= 11 is 5.35. The monoisotopic (exact) mass is 239 g/mol. The van der Waals surface area contributed by atoms with Crippen molar-refractivity contribution in [2.45, 2.75) is 0 Å². The molecule has 0 aliphatic heterocycles. The van der Waals surface area contributed by atoms with Crippen LogP contribution in [0, 0.1) is 10.1 Å². The summed E-state index contributed by atoms with van der Waals surface area (Å²) in [6, 6.07) is 4.13. The van der Waals surface area contributed by atoms with E-state index in [2.05, 4.69) is 5.10 Å². The molecule has 0 atom stereocenters. The van der Waals surface area contributed by atoms with E-state index >= 15 is 0 Å². The predicted molar refractivity (Wildman–Crippen MR) is 57.6 cm³/mol. The highest BCUT2D eigenvalue weighted by Gasteiger charge is 2.16. The van der Waals surface area contributed by atoms with Crippen molar-refractivity contribution < 1.29 is 9.72 Å². The fraction of sp³-hybridized carbons (Fsp3) is 0.111. The lowest BCUT2D eigenvalue weighted by Crippen LogP contribution is -1.94. The molecule has 7 heteroatoms. The lowest BCUT2D eigenvalue weighted by Gasteiger charge is -1.94. The highest BCUT2D eigenvalue weighted by Crippen LogP contribution is 2.24. The van der Waals surface area contributed by atoms with Crippen molar-refractivity contribution in [1.29, 1.82) is 0 Å². The molecule has 6 nitrogen and oxygen atoms in total. The minimum Gasteiger partial charge on any atom is -0.274 e. The molecule has 0 saturated carbocycles. The third-order valence-electron chi connectivity index (χ3n) is 2.23. The average molecular weight is 240 g/mol. The summed E-state index contributed by atoms with van der Waals surface area (Å²) in [5.41, 5.74) is 0.552. The van der Waals surface area contributed by atoms with Crippen LogP contribution in [-0.4, -0.2) is 19.9 Å². The second-order valence-electron chi connectivity index (χ2n) is 3.20. The molecule has 2 aromatic rings. The molecule has 0 saturated heterocycles. The quantitative estimate of drug-likeness (QED) is 0.455. The van der Waals surface area contributed by atoms with Gasteiger partial charge in [0, 0.05) is 24.6 Å². The van der Waals surface area contributed by atoms with Crippen molar-refractivity contribution in [1.82, 2.24) is 9.78 Å². The van der Waals surface area contributed by atoms with Gasteiger partial charge in [-0.25, -0.2) is 0 Å². The third kappa shape index (κ3) is 1.53. The van der Waals surface area contributed by atoms with Gasteiger partial charge < -0.3 is 0 Å². The van der Waals surface area contributed by atoms with Gasteiger partial charge in [-0.3, -0.25) is 19.6 Å². The van der Waals surface area contributed by atoms with Crippen LogP contribution in [0.1, 0.15) is 10.5 Å². The number of non-ortho nitro benzene ring substituents is 1. The topological polar surface area (TPSA) is 78.0 Å². The summed E-state index contributed by atoms with van der Waals surface area (Å²) in [5, 5.41) is 14.3. The van der Waals surface area contributed by atoms with Crippen molar-refractivity contribution in [3.8, 4) is 0 Å². The van der Waals surface area contributed by atoms with Gasteiger partial charge in [0.2, 0.25) is 0 Å². The van der Waals surface area contributed by atoms with Crippen LogP contribution in [0.25, 0.3) is 10.9 Å². The van der Waals surface area contributed by atoms with E-state index in [-0.39, 0.29) is 11.4 Å². The van der Waals surface area contributed by atoms with Gasteiger partial charge in [-0.2, -0.15) is 5.10 Å². The fourth-order valence-corrected chi connectivity index (χ4v) is 1.64. The molecule has 0 unspecified atom stereocenters. The van der Waals surface area contributed by atoms with Crippen LogP contribution in [0.3, 0.4) is 0 Å². The highest BCUT2D eigenvalue weighted by atomic mass is 35.5. The molecule has 0 bridgehead atoms. The number of carbonyl (C=O) groups excluding carboxylic acids is 1. The Labute approximate surface area is 94.6 Å². The van der Waals surface area contributed by atoms with Crippen molar-refractivity contribution in [3.63, 3.8) is 0 Å². The van der Waals surface area contributed by atoms with Crippen LogP contribution in [0.2, 0.25) is 0 Å². The second-order valence-corrected chi connectivity index (χ2v) is 3.55.